The van der Waals surface area contributed by atoms with Crippen molar-refractivity contribution in [3.63, 3.8) is 0 Å². The summed E-state index contributed by atoms with van der Waals surface area (Å²) in [5.41, 5.74) is 2.59. The zero-order valence-corrected chi connectivity index (χ0v) is 15.5. The van der Waals surface area contributed by atoms with E-state index < -0.39 is 18.4 Å². The van der Waals surface area contributed by atoms with E-state index in [1.54, 1.807) is 39.2 Å². The maximum atomic E-state index is 11.7. The van der Waals surface area contributed by atoms with Crippen LogP contribution in [-0.4, -0.2) is 37.2 Å². The minimum Gasteiger partial charge on any atom is -0.497 e. The minimum atomic E-state index is -1.08. The maximum absolute atomic E-state index is 11.7. The molecule has 1 aliphatic rings. The van der Waals surface area contributed by atoms with E-state index in [1.165, 1.54) is 0 Å². The largest absolute Gasteiger partial charge is 0.497 e. The van der Waals surface area contributed by atoms with Crippen molar-refractivity contribution in [3.8, 4) is 17.2 Å². The lowest BCUT2D eigenvalue weighted by molar-refractivity contribution is -0.150. The molecule has 2 unspecified atom stereocenters. The predicted octanol–water partition coefficient (Wildman–Crippen LogP) is 3.17. The van der Waals surface area contributed by atoms with Crippen LogP contribution in [0, 0.1) is 0 Å². The summed E-state index contributed by atoms with van der Waals surface area (Å²) in [4.78, 5) is 11.7. The Morgan fingerprint density at radius 3 is 2.56 bits per heavy atom. The van der Waals surface area contributed by atoms with E-state index in [1.807, 2.05) is 30.3 Å². The fraction of sp³-hybridized carbons (Fsp3) is 0.286. The summed E-state index contributed by atoms with van der Waals surface area (Å²) in [6, 6.07) is 12.8. The van der Waals surface area contributed by atoms with Crippen LogP contribution in [0.4, 0.5) is 0 Å². The van der Waals surface area contributed by atoms with Gasteiger partial charge in [-0.25, -0.2) is 4.79 Å². The normalized spacial score (nSPS) is 16.4. The highest BCUT2D eigenvalue weighted by molar-refractivity contribution is 5.84. The molecule has 2 aromatic carbocycles. The maximum Gasteiger partial charge on any atom is 0.347 e. The van der Waals surface area contributed by atoms with E-state index in [0.717, 1.165) is 22.4 Å². The van der Waals surface area contributed by atoms with Gasteiger partial charge in [0.1, 0.15) is 17.2 Å². The van der Waals surface area contributed by atoms with Crippen molar-refractivity contribution >= 4 is 11.5 Å². The van der Waals surface area contributed by atoms with Crippen molar-refractivity contribution in [3.05, 3.63) is 59.7 Å². The molecule has 1 heterocycles. The summed E-state index contributed by atoms with van der Waals surface area (Å²) in [6.45, 7) is 3.66. The molecule has 0 aromatic heterocycles. The Kier molecular flexibility index (Phi) is 5.66. The summed E-state index contributed by atoms with van der Waals surface area (Å²) in [5.74, 6) is 1.25. The molecule has 6 nitrogen and oxygen atoms in total. The summed E-state index contributed by atoms with van der Waals surface area (Å²) in [7, 11) is 1.61. The predicted molar refractivity (Wildman–Crippen MR) is 99.9 cm³/mol. The van der Waals surface area contributed by atoms with Crippen molar-refractivity contribution in [2.75, 3.05) is 13.7 Å². The lowest BCUT2D eigenvalue weighted by Gasteiger charge is -2.24. The molecule has 2 aromatic rings. The molecule has 27 heavy (non-hydrogen) atoms. The second kappa shape index (κ2) is 8.14. The first-order valence-corrected chi connectivity index (χ1v) is 8.70. The van der Waals surface area contributed by atoms with Gasteiger partial charge in [-0.15, -0.1) is 0 Å². The molecule has 6 heteroatoms. The van der Waals surface area contributed by atoms with Gasteiger partial charge in [0.2, 0.25) is 6.29 Å². The number of ether oxygens (including phenoxy) is 4. The lowest BCUT2D eigenvalue weighted by Crippen LogP contribution is -2.26. The van der Waals surface area contributed by atoms with E-state index in [-0.39, 0.29) is 0 Å². The van der Waals surface area contributed by atoms with Gasteiger partial charge in [-0.2, -0.15) is 0 Å². The number of carbonyl (C=O) groups is 1. The third-order valence-electron chi connectivity index (χ3n) is 4.13. The Balaban J connectivity index is 1.86. The van der Waals surface area contributed by atoms with E-state index in [4.69, 9.17) is 18.9 Å². The smallest absolute Gasteiger partial charge is 0.347 e. The van der Waals surface area contributed by atoms with Crippen LogP contribution in [-0.2, 0) is 9.53 Å². The number of hydrogen-bond acceptors (Lipinski definition) is 6. The molecule has 0 radical (unpaired) electrons. The van der Waals surface area contributed by atoms with Crippen LogP contribution in [0.25, 0.3) is 5.57 Å². The monoisotopic (exact) mass is 370 g/mol. The number of hydrogen-bond donors (Lipinski definition) is 1. The molecule has 2 atom stereocenters. The molecule has 0 fully saturated rings. The Morgan fingerprint density at radius 2 is 1.89 bits per heavy atom. The molecule has 0 bridgehead atoms. The van der Waals surface area contributed by atoms with Crippen LogP contribution in [0.3, 0.4) is 0 Å². The SMILES string of the molecule is CCOC(=O)C(C)Oc1ccc2c(c1)OC(O)C=C2c1ccc(OC)cc1. The van der Waals surface area contributed by atoms with E-state index in [0.29, 0.717) is 18.1 Å². The van der Waals surface area contributed by atoms with Crippen molar-refractivity contribution in [1.82, 2.24) is 0 Å². The van der Waals surface area contributed by atoms with Crippen LogP contribution in [0.15, 0.2) is 48.5 Å². The van der Waals surface area contributed by atoms with E-state index in [2.05, 4.69) is 0 Å². The third kappa shape index (κ3) is 4.23. The molecule has 1 N–H and O–H groups in total. The summed E-state index contributed by atoms with van der Waals surface area (Å²) >= 11 is 0. The Bertz CT molecular complexity index is 840. The van der Waals surface area contributed by atoms with Gasteiger partial charge in [-0.1, -0.05) is 12.1 Å². The highest BCUT2D eigenvalue weighted by Gasteiger charge is 2.22. The summed E-state index contributed by atoms with van der Waals surface area (Å²) in [6.07, 6.45) is -0.174. The number of aliphatic hydroxyl groups excluding tert-OH is 1. The summed E-state index contributed by atoms with van der Waals surface area (Å²) in [5, 5.41) is 10.1. The van der Waals surface area contributed by atoms with Gasteiger partial charge in [0.25, 0.3) is 0 Å². The topological polar surface area (TPSA) is 74.2 Å². The fourth-order valence-electron chi connectivity index (χ4n) is 2.83. The molecule has 0 aliphatic carbocycles. The number of fused-ring (bicyclic) bond motifs is 1. The highest BCUT2D eigenvalue weighted by Crippen LogP contribution is 2.38. The molecule has 3 rings (SSSR count). The first-order chi connectivity index (χ1) is 13.0. The van der Waals surface area contributed by atoms with Crippen LogP contribution >= 0.6 is 0 Å². The first kappa shape index (κ1) is 18.8. The Labute approximate surface area is 157 Å². The van der Waals surface area contributed by atoms with Gasteiger partial charge in [-0.3, -0.25) is 0 Å². The zero-order valence-electron chi connectivity index (χ0n) is 15.5. The van der Waals surface area contributed by atoms with E-state index >= 15 is 0 Å². The quantitative estimate of drug-likeness (QED) is 0.788. The van der Waals surface area contributed by atoms with Gasteiger partial charge in [0, 0.05) is 11.6 Å². The van der Waals surface area contributed by atoms with E-state index in [9.17, 15) is 9.90 Å². The third-order valence-corrected chi connectivity index (χ3v) is 4.13. The fourth-order valence-corrected chi connectivity index (χ4v) is 2.83. The van der Waals surface area contributed by atoms with Gasteiger partial charge in [0.15, 0.2) is 6.10 Å². The molecule has 0 saturated carbocycles. The van der Waals surface area contributed by atoms with Gasteiger partial charge < -0.3 is 24.1 Å². The lowest BCUT2D eigenvalue weighted by atomic mass is 9.95. The highest BCUT2D eigenvalue weighted by atomic mass is 16.6. The zero-order chi connectivity index (χ0) is 19.4. The number of aliphatic hydroxyl groups is 1. The standard InChI is InChI=1S/C21H22O6/c1-4-25-21(23)13(2)26-16-9-10-17-18(12-20(22)27-19(17)11-16)14-5-7-15(24-3)8-6-14/h5-13,20,22H,4H2,1-3H3. The number of rotatable bonds is 6. The minimum absolute atomic E-state index is 0.294. The van der Waals surface area contributed by atoms with Crippen LogP contribution in [0.2, 0.25) is 0 Å². The Hall–Kier alpha value is -2.99. The van der Waals surface area contributed by atoms with Crippen molar-refractivity contribution < 1.29 is 28.8 Å². The average Bonchev–Trinajstić information content (AvgIpc) is 2.67. The van der Waals surface area contributed by atoms with Gasteiger partial charge in [-0.05, 0) is 55.3 Å². The molecule has 0 saturated heterocycles. The second-order valence-electron chi connectivity index (χ2n) is 5.99. The number of methoxy groups -OCH3 is 1. The van der Waals surface area contributed by atoms with Gasteiger partial charge >= 0.3 is 5.97 Å². The molecule has 1 aliphatic heterocycles. The molecular weight excluding hydrogens is 348 g/mol. The molecule has 0 spiro atoms. The number of benzene rings is 2. The van der Waals surface area contributed by atoms with Crippen molar-refractivity contribution in [1.29, 1.82) is 0 Å². The van der Waals surface area contributed by atoms with Crippen LogP contribution < -0.4 is 14.2 Å². The summed E-state index contributed by atoms with van der Waals surface area (Å²) < 4.78 is 21.3. The van der Waals surface area contributed by atoms with Crippen molar-refractivity contribution in [2.24, 2.45) is 0 Å². The molecular formula is C21H22O6. The number of carbonyl (C=O) groups excluding carboxylic acids is 1. The average molecular weight is 370 g/mol. The van der Waals surface area contributed by atoms with Crippen LogP contribution in [0.1, 0.15) is 25.0 Å². The van der Waals surface area contributed by atoms with Crippen molar-refractivity contribution in [2.45, 2.75) is 26.2 Å². The Morgan fingerprint density at radius 1 is 1.19 bits per heavy atom. The van der Waals surface area contributed by atoms with Crippen LogP contribution in [0.5, 0.6) is 17.2 Å². The molecule has 142 valence electrons. The van der Waals surface area contributed by atoms with Gasteiger partial charge in [0.05, 0.1) is 13.7 Å². The molecule has 0 amide bonds. The number of esters is 1. The second-order valence-corrected chi connectivity index (χ2v) is 5.99. The first-order valence-electron chi connectivity index (χ1n) is 8.70.